The van der Waals surface area contributed by atoms with Gasteiger partial charge in [-0.15, -0.1) is 0 Å². The summed E-state index contributed by atoms with van der Waals surface area (Å²) in [4.78, 5) is 12.1. The van der Waals surface area contributed by atoms with E-state index in [1.807, 2.05) is 14.0 Å². The number of nitrogens with one attached hydrogen (secondary N) is 1. The second-order valence-electron chi connectivity index (χ2n) is 5.95. The Morgan fingerprint density at radius 1 is 1.50 bits per heavy atom. The number of amides is 1. The lowest BCUT2D eigenvalue weighted by atomic mass is 9.86. The fourth-order valence-electron chi connectivity index (χ4n) is 3.69. The lowest BCUT2D eigenvalue weighted by Crippen LogP contribution is -2.20. The van der Waals surface area contributed by atoms with E-state index in [-0.39, 0.29) is 5.91 Å². The number of fused-ring (bicyclic) bond motifs is 2. The summed E-state index contributed by atoms with van der Waals surface area (Å²) in [7, 11) is 1.89. The molecule has 3 unspecified atom stereocenters. The monoisotopic (exact) mass is 247 g/mol. The van der Waals surface area contributed by atoms with Crippen LogP contribution < -0.4 is 5.32 Å². The van der Waals surface area contributed by atoms with E-state index in [1.165, 1.54) is 25.7 Å². The Kier molecular flexibility index (Phi) is 2.88. The van der Waals surface area contributed by atoms with Crippen LogP contribution in [0.15, 0.2) is 6.20 Å². The molecule has 0 saturated heterocycles. The van der Waals surface area contributed by atoms with Gasteiger partial charge in [0.1, 0.15) is 0 Å². The first kappa shape index (κ1) is 11.8. The predicted molar refractivity (Wildman–Crippen MR) is 70.1 cm³/mol. The summed E-state index contributed by atoms with van der Waals surface area (Å²) in [5, 5.41) is 7.14. The van der Waals surface area contributed by atoms with Crippen molar-refractivity contribution < 1.29 is 4.79 Å². The van der Waals surface area contributed by atoms with Gasteiger partial charge in [0.15, 0.2) is 0 Å². The van der Waals surface area contributed by atoms with E-state index in [2.05, 4.69) is 10.4 Å². The van der Waals surface area contributed by atoms with Gasteiger partial charge >= 0.3 is 0 Å². The molecule has 1 amide bonds. The molecule has 0 radical (unpaired) electrons. The van der Waals surface area contributed by atoms with Crippen LogP contribution in [-0.4, -0.2) is 15.7 Å². The molecule has 1 N–H and O–H groups in total. The molecular formula is C14H21N3O. The van der Waals surface area contributed by atoms with Gasteiger partial charge in [-0.2, -0.15) is 5.10 Å². The van der Waals surface area contributed by atoms with Crippen molar-refractivity contribution in [1.29, 1.82) is 0 Å². The van der Waals surface area contributed by atoms with E-state index in [4.69, 9.17) is 0 Å². The second-order valence-corrected chi connectivity index (χ2v) is 5.95. The average Bonchev–Trinajstić information content (AvgIpc) is 3.01. The van der Waals surface area contributed by atoms with Gasteiger partial charge < -0.3 is 5.32 Å². The van der Waals surface area contributed by atoms with E-state index in [0.29, 0.717) is 12.3 Å². The zero-order valence-electron chi connectivity index (χ0n) is 11.1. The summed E-state index contributed by atoms with van der Waals surface area (Å²) in [5.74, 6) is 2.51. The van der Waals surface area contributed by atoms with Gasteiger partial charge in [-0.3, -0.25) is 9.48 Å². The van der Waals surface area contributed by atoms with Gasteiger partial charge in [-0.05, 0) is 43.9 Å². The molecule has 4 heteroatoms. The van der Waals surface area contributed by atoms with Crippen LogP contribution >= 0.6 is 0 Å². The Labute approximate surface area is 108 Å². The normalized spacial score (nSPS) is 29.8. The minimum absolute atomic E-state index is 0.156. The third kappa shape index (κ3) is 2.04. The van der Waals surface area contributed by atoms with Crippen LogP contribution in [0.1, 0.15) is 37.8 Å². The third-order valence-corrected chi connectivity index (χ3v) is 4.84. The van der Waals surface area contributed by atoms with Crippen molar-refractivity contribution in [3.05, 3.63) is 11.9 Å². The summed E-state index contributed by atoms with van der Waals surface area (Å²) >= 11 is 0. The highest BCUT2D eigenvalue weighted by atomic mass is 16.1. The third-order valence-electron chi connectivity index (χ3n) is 4.84. The molecule has 1 aromatic rings. The number of carbonyl (C=O) groups is 1. The van der Waals surface area contributed by atoms with Crippen molar-refractivity contribution in [2.24, 2.45) is 24.8 Å². The standard InChI is InChI=1S/C14H21N3O/c1-9-13(8-15-17(9)2)16-14(18)7-12-6-10-3-4-11(12)5-10/h8,10-12H,3-7H2,1-2H3,(H,16,18). The highest BCUT2D eigenvalue weighted by Crippen LogP contribution is 2.49. The Balaban J connectivity index is 1.58. The Hall–Kier alpha value is -1.32. The van der Waals surface area contributed by atoms with Crippen LogP contribution in [0, 0.1) is 24.7 Å². The number of rotatable bonds is 3. The molecule has 3 rings (SSSR count). The summed E-state index contributed by atoms with van der Waals surface area (Å²) in [6.07, 6.45) is 7.79. The van der Waals surface area contributed by atoms with Gasteiger partial charge in [-0.1, -0.05) is 6.42 Å². The largest absolute Gasteiger partial charge is 0.323 e. The highest BCUT2D eigenvalue weighted by Gasteiger charge is 2.40. The maximum Gasteiger partial charge on any atom is 0.224 e. The molecule has 2 fully saturated rings. The van der Waals surface area contributed by atoms with Crippen molar-refractivity contribution in [3.8, 4) is 0 Å². The average molecular weight is 247 g/mol. The molecular weight excluding hydrogens is 226 g/mol. The number of hydrogen-bond donors (Lipinski definition) is 1. The Morgan fingerprint density at radius 3 is 2.89 bits per heavy atom. The molecule has 2 bridgehead atoms. The zero-order valence-corrected chi connectivity index (χ0v) is 11.1. The molecule has 0 aliphatic heterocycles. The van der Waals surface area contributed by atoms with Crippen LogP contribution in [0.2, 0.25) is 0 Å². The number of aromatic nitrogens is 2. The summed E-state index contributed by atoms with van der Waals surface area (Å²) in [6.45, 7) is 1.97. The van der Waals surface area contributed by atoms with Crippen molar-refractivity contribution in [1.82, 2.24) is 9.78 Å². The van der Waals surface area contributed by atoms with Crippen molar-refractivity contribution in [2.75, 3.05) is 5.32 Å². The number of anilines is 1. The van der Waals surface area contributed by atoms with Gasteiger partial charge in [0.25, 0.3) is 0 Å². The fourth-order valence-corrected chi connectivity index (χ4v) is 3.69. The molecule has 1 aromatic heterocycles. The van der Waals surface area contributed by atoms with E-state index < -0.39 is 0 Å². The van der Waals surface area contributed by atoms with Gasteiger partial charge in [0.2, 0.25) is 5.91 Å². The Morgan fingerprint density at radius 2 is 2.33 bits per heavy atom. The van der Waals surface area contributed by atoms with Crippen LogP contribution in [0.4, 0.5) is 5.69 Å². The molecule has 3 atom stereocenters. The highest BCUT2D eigenvalue weighted by molar-refractivity contribution is 5.91. The number of carbonyl (C=O) groups excluding carboxylic acids is 1. The summed E-state index contributed by atoms with van der Waals surface area (Å²) < 4.78 is 1.78. The zero-order chi connectivity index (χ0) is 12.7. The summed E-state index contributed by atoms with van der Waals surface area (Å²) in [6, 6.07) is 0. The molecule has 98 valence electrons. The summed E-state index contributed by atoms with van der Waals surface area (Å²) in [5.41, 5.74) is 1.86. The van der Waals surface area contributed by atoms with Crippen LogP contribution in [-0.2, 0) is 11.8 Å². The van der Waals surface area contributed by atoms with Crippen LogP contribution in [0.5, 0.6) is 0 Å². The van der Waals surface area contributed by atoms with Crippen LogP contribution in [0.3, 0.4) is 0 Å². The van der Waals surface area contributed by atoms with E-state index in [0.717, 1.165) is 23.2 Å². The predicted octanol–water partition coefficient (Wildman–Crippen LogP) is 2.49. The number of nitrogens with zero attached hydrogens (tertiary/aromatic N) is 2. The minimum atomic E-state index is 0.156. The molecule has 1 heterocycles. The topological polar surface area (TPSA) is 46.9 Å². The van der Waals surface area contributed by atoms with Crippen molar-refractivity contribution in [2.45, 2.75) is 39.0 Å². The first-order valence-electron chi connectivity index (χ1n) is 6.92. The Bertz CT molecular complexity index is 466. The van der Waals surface area contributed by atoms with E-state index in [1.54, 1.807) is 10.9 Å². The molecule has 18 heavy (non-hydrogen) atoms. The number of hydrogen-bond acceptors (Lipinski definition) is 2. The first-order chi connectivity index (χ1) is 8.63. The van der Waals surface area contributed by atoms with Gasteiger partial charge in [-0.25, -0.2) is 0 Å². The molecule has 2 saturated carbocycles. The molecule has 4 nitrogen and oxygen atoms in total. The molecule has 0 aromatic carbocycles. The molecule has 2 aliphatic rings. The van der Waals surface area contributed by atoms with Crippen LogP contribution in [0.25, 0.3) is 0 Å². The molecule has 2 aliphatic carbocycles. The maximum absolute atomic E-state index is 12.1. The lowest BCUT2D eigenvalue weighted by molar-refractivity contribution is -0.117. The maximum atomic E-state index is 12.1. The van der Waals surface area contributed by atoms with Gasteiger partial charge in [0, 0.05) is 13.5 Å². The molecule has 0 spiro atoms. The van der Waals surface area contributed by atoms with E-state index in [9.17, 15) is 4.79 Å². The van der Waals surface area contributed by atoms with Crippen molar-refractivity contribution >= 4 is 11.6 Å². The van der Waals surface area contributed by atoms with Gasteiger partial charge in [0.05, 0.1) is 17.6 Å². The quantitative estimate of drug-likeness (QED) is 0.892. The minimum Gasteiger partial charge on any atom is -0.323 e. The van der Waals surface area contributed by atoms with E-state index >= 15 is 0 Å². The fraction of sp³-hybridized carbons (Fsp3) is 0.714. The van der Waals surface area contributed by atoms with Crippen molar-refractivity contribution in [3.63, 3.8) is 0 Å². The smallest absolute Gasteiger partial charge is 0.224 e. The SMILES string of the molecule is Cc1c(NC(=O)CC2CC3CCC2C3)cnn1C. The first-order valence-corrected chi connectivity index (χ1v) is 6.92. The number of aryl methyl sites for hydroxylation is 1. The lowest BCUT2D eigenvalue weighted by Gasteiger charge is -2.20. The second kappa shape index (κ2) is 4.41.